The minimum absolute atomic E-state index is 0.0602. The summed E-state index contributed by atoms with van der Waals surface area (Å²) in [6.45, 7) is 13.9. The summed E-state index contributed by atoms with van der Waals surface area (Å²) in [7, 11) is -4.23. The van der Waals surface area contributed by atoms with E-state index >= 15 is 0 Å². The van der Waals surface area contributed by atoms with Gasteiger partial charge in [0.25, 0.3) is 15.9 Å². The number of hydrogen-bond donors (Lipinski definition) is 2. The summed E-state index contributed by atoms with van der Waals surface area (Å²) in [5.74, 6) is 0.685. The largest absolute Gasteiger partial charge is 0.384 e. The quantitative estimate of drug-likeness (QED) is 0.482. The number of anilines is 2. The van der Waals surface area contributed by atoms with Crippen molar-refractivity contribution in [3.05, 3.63) is 47.7 Å². The zero-order chi connectivity index (χ0) is 27.9. The van der Waals surface area contributed by atoms with Crippen LogP contribution in [-0.2, 0) is 10.0 Å². The topological polar surface area (TPSA) is 118 Å². The zero-order valence-corrected chi connectivity index (χ0v) is 24.2. The van der Waals surface area contributed by atoms with Crippen molar-refractivity contribution in [1.29, 1.82) is 0 Å². The third-order valence-electron chi connectivity index (χ3n) is 8.18. The molecule has 1 saturated heterocycles. The monoisotopic (exact) mass is 539 g/mol. The lowest BCUT2D eigenvalue weighted by Crippen LogP contribution is -2.41. The molecule has 2 atom stereocenters. The van der Waals surface area contributed by atoms with Crippen LogP contribution in [0.15, 0.2) is 41.6 Å². The van der Waals surface area contributed by atoms with Crippen molar-refractivity contribution in [2.24, 2.45) is 17.3 Å². The van der Waals surface area contributed by atoms with E-state index in [-0.39, 0.29) is 27.4 Å². The van der Waals surface area contributed by atoms with E-state index in [0.717, 1.165) is 36.9 Å². The van der Waals surface area contributed by atoms with Crippen LogP contribution in [0.2, 0.25) is 0 Å². The van der Waals surface area contributed by atoms with E-state index in [0.29, 0.717) is 17.7 Å². The van der Waals surface area contributed by atoms with Gasteiger partial charge in [-0.1, -0.05) is 46.3 Å². The van der Waals surface area contributed by atoms with Gasteiger partial charge in [-0.3, -0.25) is 4.79 Å². The van der Waals surface area contributed by atoms with Crippen LogP contribution in [-0.4, -0.2) is 36.4 Å². The van der Waals surface area contributed by atoms with Crippen molar-refractivity contribution in [3.8, 4) is 0 Å². The van der Waals surface area contributed by atoms with E-state index in [1.807, 2.05) is 6.20 Å². The molecule has 0 aromatic carbocycles. The molecule has 0 radical (unpaired) electrons. The van der Waals surface area contributed by atoms with Gasteiger partial charge in [-0.25, -0.2) is 14.7 Å². The van der Waals surface area contributed by atoms with Crippen LogP contribution in [0, 0.1) is 17.3 Å². The van der Waals surface area contributed by atoms with Gasteiger partial charge in [-0.2, -0.15) is 8.42 Å². The highest BCUT2D eigenvalue weighted by Crippen LogP contribution is 2.45. The predicted octanol–water partition coefficient (Wildman–Crippen LogP) is 5.42. The van der Waals surface area contributed by atoms with Crippen LogP contribution in [0.3, 0.4) is 0 Å². The Balaban J connectivity index is 1.77. The Morgan fingerprint density at radius 2 is 2.00 bits per heavy atom. The Labute approximate surface area is 227 Å². The van der Waals surface area contributed by atoms with E-state index in [9.17, 15) is 13.2 Å². The number of allylic oxidation sites excluding steroid dienone is 2. The molecule has 1 aliphatic carbocycles. The second kappa shape index (κ2) is 10.3. The number of hydrogen-bond acceptors (Lipinski definition) is 7. The normalized spacial score (nSPS) is 23.0. The number of nitrogens with two attached hydrogens (primary N) is 1. The summed E-state index contributed by atoms with van der Waals surface area (Å²) in [4.78, 5) is 24.5. The molecule has 8 nitrogen and oxygen atoms in total. The summed E-state index contributed by atoms with van der Waals surface area (Å²) >= 11 is 0. The van der Waals surface area contributed by atoms with Crippen molar-refractivity contribution < 1.29 is 13.2 Å². The summed E-state index contributed by atoms with van der Waals surface area (Å²) in [6.07, 6.45) is 9.42. The van der Waals surface area contributed by atoms with Gasteiger partial charge in [0.15, 0.2) is 5.03 Å². The molecule has 206 valence electrons. The first-order valence-corrected chi connectivity index (χ1v) is 15.0. The van der Waals surface area contributed by atoms with E-state index in [1.54, 1.807) is 6.07 Å². The van der Waals surface area contributed by atoms with Gasteiger partial charge in [0.2, 0.25) is 0 Å². The Kier molecular flexibility index (Phi) is 7.63. The molecule has 2 aromatic rings. The van der Waals surface area contributed by atoms with Crippen molar-refractivity contribution in [1.82, 2.24) is 14.7 Å². The summed E-state index contributed by atoms with van der Waals surface area (Å²) in [5, 5.41) is -0.302. The minimum atomic E-state index is -4.23. The number of nitrogen functional groups attached to an aromatic ring is 1. The smallest absolute Gasteiger partial charge is 0.281 e. The van der Waals surface area contributed by atoms with Gasteiger partial charge in [0.1, 0.15) is 11.6 Å². The Morgan fingerprint density at radius 1 is 1.26 bits per heavy atom. The molecule has 0 spiro atoms. The number of pyridine rings is 2. The maximum atomic E-state index is 13.7. The Hall–Kier alpha value is -2.94. The SMILES string of the molecule is CC/C(=C\C1CCCC1(C)C)c1cnc(N2CC(C)CC2(C)C)c(C(=O)NS(=O)(=O)c2cccc(N)n2)c1. The minimum Gasteiger partial charge on any atom is -0.384 e. The third-order valence-corrected chi connectivity index (χ3v) is 9.41. The lowest BCUT2D eigenvalue weighted by Gasteiger charge is -2.34. The second-order valence-corrected chi connectivity index (χ2v) is 13.8. The van der Waals surface area contributed by atoms with Gasteiger partial charge in [-0.05, 0) is 86.1 Å². The van der Waals surface area contributed by atoms with Crippen LogP contribution >= 0.6 is 0 Å². The highest BCUT2D eigenvalue weighted by atomic mass is 32.2. The molecule has 2 aliphatic rings. The van der Waals surface area contributed by atoms with Crippen LogP contribution in [0.5, 0.6) is 0 Å². The fraction of sp³-hybridized carbons (Fsp3) is 0.552. The standard InChI is InChI=1S/C29H41N5O3S/c1-7-20(14-22-10-9-13-28(22,3)4)21-15-23(26(31-17-21)34-18-19(2)16-29(34,5)6)27(35)33-38(36,37)25-12-8-11-24(30)32-25/h8,11-12,14-15,17,19,22H,7,9-10,13,16,18H2,1-6H3,(H2,30,32)(H,33,35)/b20-14+. The second-order valence-electron chi connectivity index (χ2n) is 12.2. The molecule has 0 bridgehead atoms. The maximum Gasteiger partial charge on any atom is 0.281 e. The van der Waals surface area contributed by atoms with Gasteiger partial charge in [0, 0.05) is 18.3 Å². The van der Waals surface area contributed by atoms with E-state index in [4.69, 9.17) is 10.7 Å². The lowest BCUT2D eigenvalue weighted by molar-refractivity contribution is 0.0981. The van der Waals surface area contributed by atoms with Crippen molar-refractivity contribution >= 4 is 33.1 Å². The highest BCUT2D eigenvalue weighted by Gasteiger charge is 2.39. The van der Waals surface area contributed by atoms with Gasteiger partial charge in [-0.15, -0.1) is 0 Å². The van der Waals surface area contributed by atoms with Crippen molar-refractivity contribution in [3.63, 3.8) is 0 Å². The first-order chi connectivity index (χ1) is 17.7. The fourth-order valence-corrected chi connectivity index (χ4v) is 7.05. The number of nitrogens with zero attached hydrogens (tertiary/aromatic N) is 3. The van der Waals surface area contributed by atoms with Crippen molar-refractivity contribution in [2.75, 3.05) is 17.2 Å². The molecule has 3 N–H and O–H groups in total. The number of carbonyl (C=O) groups is 1. The lowest BCUT2D eigenvalue weighted by atomic mass is 9.80. The average molecular weight is 540 g/mol. The predicted molar refractivity (Wildman–Crippen MR) is 152 cm³/mol. The average Bonchev–Trinajstić information content (AvgIpc) is 3.31. The number of carbonyl (C=O) groups excluding carboxylic acids is 1. The summed E-state index contributed by atoms with van der Waals surface area (Å²) in [5.41, 5.74) is 7.88. The molecule has 1 amide bonds. The molecule has 1 saturated carbocycles. The van der Waals surface area contributed by atoms with Crippen molar-refractivity contribution in [2.45, 2.75) is 84.2 Å². The number of nitrogens with one attached hydrogen (secondary N) is 1. The zero-order valence-electron chi connectivity index (χ0n) is 23.4. The molecule has 9 heteroatoms. The molecule has 2 unspecified atom stereocenters. The van der Waals surface area contributed by atoms with Crippen LogP contribution in [0.25, 0.3) is 5.57 Å². The third kappa shape index (κ3) is 5.72. The molecule has 3 heterocycles. The van der Waals surface area contributed by atoms with Gasteiger partial charge in [0.05, 0.1) is 5.56 Å². The van der Waals surface area contributed by atoms with Crippen LogP contribution in [0.1, 0.15) is 89.6 Å². The number of amides is 1. The summed E-state index contributed by atoms with van der Waals surface area (Å²) in [6, 6.07) is 6.10. The molecule has 2 aromatic heterocycles. The Bertz CT molecular complexity index is 1350. The van der Waals surface area contributed by atoms with E-state index < -0.39 is 15.9 Å². The molecular weight excluding hydrogens is 498 g/mol. The maximum absolute atomic E-state index is 13.7. The van der Waals surface area contributed by atoms with Crippen LogP contribution in [0.4, 0.5) is 11.6 Å². The number of rotatable bonds is 7. The number of aromatic nitrogens is 2. The molecule has 38 heavy (non-hydrogen) atoms. The van der Waals surface area contributed by atoms with E-state index in [1.165, 1.54) is 31.0 Å². The fourth-order valence-electron chi connectivity index (χ4n) is 6.11. The molecule has 2 fully saturated rings. The van der Waals surface area contributed by atoms with E-state index in [2.05, 4.69) is 62.2 Å². The highest BCUT2D eigenvalue weighted by molar-refractivity contribution is 7.90. The molecule has 4 rings (SSSR count). The summed E-state index contributed by atoms with van der Waals surface area (Å²) < 4.78 is 28.3. The van der Waals surface area contributed by atoms with Gasteiger partial charge >= 0.3 is 0 Å². The molecule has 1 aliphatic heterocycles. The first-order valence-electron chi connectivity index (χ1n) is 13.5. The molecular formula is C29H41N5O3S. The van der Waals surface area contributed by atoms with Gasteiger partial charge < -0.3 is 10.6 Å². The Morgan fingerprint density at radius 3 is 2.58 bits per heavy atom. The van der Waals surface area contributed by atoms with Crippen LogP contribution < -0.4 is 15.4 Å². The first kappa shape index (κ1) is 28.1. The number of sulfonamides is 1.